The van der Waals surface area contributed by atoms with Gasteiger partial charge in [0.25, 0.3) is 0 Å². The van der Waals surface area contributed by atoms with E-state index in [1.54, 1.807) is 6.26 Å². The Balaban J connectivity index is 2.13. The predicted molar refractivity (Wildman–Crippen MR) is 87.0 cm³/mol. The molecule has 0 bridgehead atoms. The van der Waals surface area contributed by atoms with Crippen LogP contribution in [0.25, 0.3) is 5.65 Å². The molecule has 0 saturated carbocycles. The van der Waals surface area contributed by atoms with E-state index in [-0.39, 0.29) is 6.04 Å². The minimum absolute atomic E-state index is 0.187. The Morgan fingerprint density at radius 1 is 1.38 bits per heavy atom. The molecule has 0 aliphatic rings. The maximum atomic E-state index is 11.2. The normalized spacial score (nSPS) is 16.0. The second kappa shape index (κ2) is 6.66. The van der Waals surface area contributed by atoms with E-state index in [0.717, 1.165) is 34.8 Å². The van der Waals surface area contributed by atoms with Crippen LogP contribution < -0.4 is 5.32 Å². The highest BCUT2D eigenvalue weighted by atomic mass is 32.2. The van der Waals surface area contributed by atoms with E-state index in [9.17, 15) is 4.21 Å². The smallest absolute Gasteiger partial charge is 0.155 e. The quantitative estimate of drug-likeness (QED) is 0.888. The van der Waals surface area contributed by atoms with E-state index >= 15 is 0 Å². The van der Waals surface area contributed by atoms with E-state index < -0.39 is 10.8 Å². The van der Waals surface area contributed by atoms with Crippen molar-refractivity contribution in [2.75, 3.05) is 12.0 Å². The van der Waals surface area contributed by atoms with Crippen LogP contribution in [0.4, 0.5) is 0 Å². The Labute approximate surface area is 128 Å². The summed E-state index contributed by atoms with van der Waals surface area (Å²) in [5, 5.41) is 8.03. The molecule has 0 aliphatic heterocycles. The largest absolute Gasteiger partial charge is 0.308 e. The molecule has 0 spiro atoms. The summed E-state index contributed by atoms with van der Waals surface area (Å²) in [5.74, 6) is 0.732. The molecule has 2 heterocycles. The molecule has 5 nitrogen and oxygen atoms in total. The molecule has 2 rings (SSSR count). The highest BCUT2D eigenvalue weighted by Gasteiger charge is 2.15. The zero-order valence-electron chi connectivity index (χ0n) is 13.4. The van der Waals surface area contributed by atoms with E-state index in [2.05, 4.69) is 36.2 Å². The van der Waals surface area contributed by atoms with E-state index in [4.69, 9.17) is 0 Å². The first kappa shape index (κ1) is 16.1. The van der Waals surface area contributed by atoms with Gasteiger partial charge in [0, 0.05) is 58.4 Å². The average Bonchev–Trinajstić information content (AvgIpc) is 2.78. The fourth-order valence-corrected chi connectivity index (χ4v) is 3.23. The van der Waals surface area contributed by atoms with Gasteiger partial charge in [-0.15, -0.1) is 0 Å². The van der Waals surface area contributed by atoms with Gasteiger partial charge in [0.05, 0.1) is 5.69 Å². The van der Waals surface area contributed by atoms with Gasteiger partial charge >= 0.3 is 0 Å². The maximum Gasteiger partial charge on any atom is 0.155 e. The summed E-state index contributed by atoms with van der Waals surface area (Å²) in [5.41, 5.74) is 4.12. The molecule has 2 aromatic heterocycles. The Bertz CT molecular complexity index is 652. The summed E-state index contributed by atoms with van der Waals surface area (Å²) < 4.78 is 13.1. The van der Waals surface area contributed by atoms with Crippen molar-refractivity contribution in [3.63, 3.8) is 0 Å². The second-order valence-electron chi connectivity index (χ2n) is 5.71. The van der Waals surface area contributed by atoms with Crippen molar-refractivity contribution < 1.29 is 4.21 Å². The average molecular weight is 308 g/mol. The topological polar surface area (TPSA) is 59.3 Å². The number of hydrogen-bond donors (Lipinski definition) is 1. The monoisotopic (exact) mass is 308 g/mol. The molecule has 0 amide bonds. The molecule has 116 valence electrons. The van der Waals surface area contributed by atoms with Gasteiger partial charge in [-0.25, -0.2) is 9.50 Å². The number of nitrogens with one attached hydrogen (secondary N) is 1. The van der Waals surface area contributed by atoms with Crippen LogP contribution in [0, 0.1) is 13.8 Å². The van der Waals surface area contributed by atoms with Gasteiger partial charge < -0.3 is 5.32 Å². The highest BCUT2D eigenvalue weighted by molar-refractivity contribution is 7.84. The van der Waals surface area contributed by atoms with Gasteiger partial charge in [0.1, 0.15) is 0 Å². The lowest BCUT2D eigenvalue weighted by Gasteiger charge is -2.21. The van der Waals surface area contributed by atoms with Crippen LogP contribution in [-0.2, 0) is 10.8 Å². The molecule has 3 atom stereocenters. The molecule has 0 aliphatic carbocycles. The highest BCUT2D eigenvalue weighted by Crippen LogP contribution is 2.18. The van der Waals surface area contributed by atoms with Crippen LogP contribution in [0.15, 0.2) is 12.3 Å². The minimum atomic E-state index is -0.732. The molecule has 0 aromatic carbocycles. The number of aromatic nitrogens is 3. The third-order valence-electron chi connectivity index (χ3n) is 3.72. The Hall–Kier alpha value is -1.27. The van der Waals surface area contributed by atoms with Gasteiger partial charge in [0.15, 0.2) is 5.65 Å². The van der Waals surface area contributed by atoms with Crippen LogP contribution in [0.3, 0.4) is 0 Å². The first-order valence-electron chi connectivity index (χ1n) is 7.26. The first-order chi connectivity index (χ1) is 9.88. The number of nitrogens with zero attached hydrogens (tertiary/aromatic N) is 3. The van der Waals surface area contributed by atoms with Crippen molar-refractivity contribution in [1.82, 2.24) is 19.9 Å². The minimum Gasteiger partial charge on any atom is -0.308 e. The lowest BCUT2D eigenvalue weighted by molar-refractivity contribution is 0.466. The molecule has 0 radical (unpaired) electrons. The van der Waals surface area contributed by atoms with Crippen molar-refractivity contribution in [2.24, 2.45) is 0 Å². The van der Waals surface area contributed by atoms with E-state index in [1.807, 2.05) is 23.7 Å². The predicted octanol–water partition coefficient (Wildman–Crippen LogP) is 2.15. The fraction of sp³-hybridized carbons (Fsp3) is 0.600. The Morgan fingerprint density at radius 3 is 2.76 bits per heavy atom. The van der Waals surface area contributed by atoms with Crippen LogP contribution in [-0.4, -0.2) is 36.9 Å². The SMILES string of the molecule is Cc1cc2ncc(C(C)NC(C)CCS(C)=O)c(C)n2n1. The molecule has 2 aromatic rings. The summed E-state index contributed by atoms with van der Waals surface area (Å²) in [6.45, 7) is 8.30. The number of hydrogen-bond acceptors (Lipinski definition) is 4. The first-order valence-corrected chi connectivity index (χ1v) is 8.99. The van der Waals surface area contributed by atoms with Gasteiger partial charge in [-0.1, -0.05) is 0 Å². The second-order valence-corrected chi connectivity index (χ2v) is 7.26. The van der Waals surface area contributed by atoms with Crippen LogP contribution in [0.1, 0.15) is 43.3 Å². The van der Waals surface area contributed by atoms with Crippen LogP contribution in [0.2, 0.25) is 0 Å². The standard InChI is InChI=1S/C15H24N4OS/c1-10(6-7-21(5)20)17-12(3)14-9-16-15-8-11(2)18-19(15)13(14)4/h8-10,12,17H,6-7H2,1-5H3. The van der Waals surface area contributed by atoms with Crippen molar-refractivity contribution in [1.29, 1.82) is 0 Å². The van der Waals surface area contributed by atoms with Crippen molar-refractivity contribution >= 4 is 16.4 Å². The summed E-state index contributed by atoms with van der Waals surface area (Å²) >= 11 is 0. The van der Waals surface area contributed by atoms with Gasteiger partial charge in [-0.2, -0.15) is 5.10 Å². The number of rotatable bonds is 6. The lowest BCUT2D eigenvalue weighted by atomic mass is 10.1. The van der Waals surface area contributed by atoms with Crippen molar-refractivity contribution in [3.8, 4) is 0 Å². The third-order valence-corrected chi connectivity index (χ3v) is 4.53. The fourth-order valence-electron chi connectivity index (χ4n) is 2.54. The summed E-state index contributed by atoms with van der Waals surface area (Å²) in [6.07, 6.45) is 4.58. The molecule has 3 unspecified atom stereocenters. The van der Waals surface area contributed by atoms with Crippen LogP contribution in [0.5, 0.6) is 0 Å². The zero-order valence-corrected chi connectivity index (χ0v) is 14.2. The third kappa shape index (κ3) is 3.89. The number of aryl methyl sites for hydroxylation is 2. The summed E-state index contributed by atoms with van der Waals surface area (Å²) in [7, 11) is -0.732. The Morgan fingerprint density at radius 2 is 2.10 bits per heavy atom. The zero-order chi connectivity index (χ0) is 15.6. The van der Waals surface area contributed by atoms with E-state index in [0.29, 0.717) is 6.04 Å². The number of fused-ring (bicyclic) bond motifs is 1. The molecule has 0 saturated heterocycles. The van der Waals surface area contributed by atoms with Crippen molar-refractivity contribution in [3.05, 3.63) is 29.2 Å². The molecule has 0 fully saturated rings. The van der Waals surface area contributed by atoms with E-state index in [1.165, 1.54) is 0 Å². The van der Waals surface area contributed by atoms with Gasteiger partial charge in [-0.05, 0) is 34.1 Å². The molecular formula is C15H24N4OS. The molecule has 1 N–H and O–H groups in total. The maximum absolute atomic E-state index is 11.2. The van der Waals surface area contributed by atoms with Gasteiger partial charge in [0.2, 0.25) is 0 Å². The van der Waals surface area contributed by atoms with Crippen LogP contribution >= 0.6 is 0 Å². The summed E-state index contributed by atoms with van der Waals surface area (Å²) in [6, 6.07) is 2.48. The molecular weight excluding hydrogens is 284 g/mol. The molecule has 21 heavy (non-hydrogen) atoms. The lowest BCUT2D eigenvalue weighted by Crippen LogP contribution is -2.31. The van der Waals surface area contributed by atoms with Gasteiger partial charge in [-0.3, -0.25) is 4.21 Å². The Kier molecular flexibility index (Phi) is 5.11. The van der Waals surface area contributed by atoms with Crippen molar-refractivity contribution in [2.45, 2.75) is 46.2 Å². The molecule has 6 heteroatoms. The summed E-state index contributed by atoms with van der Waals surface area (Å²) in [4.78, 5) is 4.48.